The maximum atomic E-state index is 14.4. The highest BCUT2D eigenvalue weighted by Crippen LogP contribution is 2.35. The number of nitrogens with one attached hydrogen (secondary N) is 1. The van der Waals surface area contributed by atoms with E-state index in [2.05, 4.69) is 11.9 Å². The molecule has 1 aromatic rings. The number of hydrogen-bond acceptors (Lipinski definition) is 8. The Morgan fingerprint density at radius 2 is 1.90 bits per heavy atom. The van der Waals surface area contributed by atoms with Crippen molar-refractivity contribution < 1.29 is 48.2 Å². The molecule has 2 fully saturated rings. The van der Waals surface area contributed by atoms with Crippen LogP contribution in [0.3, 0.4) is 0 Å². The van der Waals surface area contributed by atoms with Gasteiger partial charge in [0.25, 0.3) is 0 Å². The van der Waals surface area contributed by atoms with E-state index < -0.39 is 71.2 Å². The number of amides is 1. The highest BCUT2D eigenvalue weighted by Gasteiger charge is 2.53. The number of rotatable bonds is 6. The van der Waals surface area contributed by atoms with Gasteiger partial charge < -0.3 is 40.0 Å². The number of fused-ring (bicyclic) bond motifs is 1. The summed E-state index contributed by atoms with van der Waals surface area (Å²) in [5, 5.41) is 43.0. The quantitative estimate of drug-likeness (QED) is 0.305. The van der Waals surface area contributed by atoms with Crippen molar-refractivity contribution >= 4 is 12.0 Å². The number of benzene rings is 1. The number of ether oxygens (including phenoxy) is 3. The van der Waals surface area contributed by atoms with Gasteiger partial charge in [0.1, 0.15) is 43.9 Å². The normalized spacial score (nSPS) is 30.6. The summed E-state index contributed by atoms with van der Waals surface area (Å²) in [4.78, 5) is 12.5. The molecule has 0 aromatic heterocycles. The Kier molecular flexibility index (Phi) is 6.92. The molecule has 6 atom stereocenters. The van der Waals surface area contributed by atoms with Crippen LogP contribution in [-0.4, -0.2) is 76.3 Å². The van der Waals surface area contributed by atoms with Crippen LogP contribution < -0.4 is 10.1 Å². The molecule has 1 aliphatic carbocycles. The minimum atomic E-state index is -1.56. The molecular formula is C20H23F2NO8. The van der Waals surface area contributed by atoms with Gasteiger partial charge in [-0.15, -0.1) is 0 Å². The lowest BCUT2D eigenvalue weighted by molar-refractivity contribution is -0.155. The monoisotopic (exact) mass is 443 g/mol. The fourth-order valence-electron chi connectivity index (χ4n) is 3.52. The van der Waals surface area contributed by atoms with Crippen LogP contribution in [-0.2, 0) is 14.3 Å². The summed E-state index contributed by atoms with van der Waals surface area (Å²) in [6, 6.07) is -0.564. The second-order valence-corrected chi connectivity index (χ2v) is 7.22. The van der Waals surface area contributed by atoms with Gasteiger partial charge in [-0.2, -0.15) is 0 Å². The third-order valence-electron chi connectivity index (χ3n) is 5.15. The molecule has 5 N–H and O–H groups in total. The van der Waals surface area contributed by atoms with Crippen LogP contribution in [0.5, 0.6) is 11.5 Å². The summed E-state index contributed by atoms with van der Waals surface area (Å²) in [6.45, 7) is 4.31. The van der Waals surface area contributed by atoms with Gasteiger partial charge in [-0.3, -0.25) is 4.79 Å². The highest BCUT2D eigenvalue weighted by molar-refractivity contribution is 5.97. The van der Waals surface area contributed by atoms with E-state index in [0.29, 0.717) is 0 Å². The zero-order valence-corrected chi connectivity index (χ0v) is 16.5. The highest BCUT2D eigenvalue weighted by atomic mass is 19.1. The lowest BCUT2D eigenvalue weighted by atomic mass is 9.83. The molecule has 1 amide bonds. The van der Waals surface area contributed by atoms with Crippen molar-refractivity contribution in [3.05, 3.63) is 41.5 Å². The molecule has 0 unspecified atom stereocenters. The lowest BCUT2D eigenvalue weighted by Gasteiger charge is -2.41. The average Bonchev–Trinajstić information content (AvgIpc) is 3.23. The largest absolute Gasteiger partial charge is 0.502 e. The van der Waals surface area contributed by atoms with Gasteiger partial charge in [-0.05, 0) is 19.1 Å². The Balaban J connectivity index is 1.79. The Morgan fingerprint density at radius 1 is 1.26 bits per heavy atom. The van der Waals surface area contributed by atoms with Crippen molar-refractivity contribution in [3.63, 3.8) is 0 Å². The van der Waals surface area contributed by atoms with E-state index in [9.17, 15) is 34.0 Å². The van der Waals surface area contributed by atoms with Crippen molar-refractivity contribution in [1.82, 2.24) is 5.32 Å². The van der Waals surface area contributed by atoms with Crippen LogP contribution in [0.15, 0.2) is 24.3 Å². The van der Waals surface area contributed by atoms with Gasteiger partial charge in [0.15, 0.2) is 23.1 Å². The van der Waals surface area contributed by atoms with Crippen molar-refractivity contribution in [2.75, 3.05) is 13.4 Å². The molecule has 11 heteroatoms. The molecule has 0 bridgehead atoms. The number of halogens is 2. The Hall–Kier alpha value is -2.57. The predicted octanol–water partition coefficient (Wildman–Crippen LogP) is -0.0389. The molecule has 31 heavy (non-hydrogen) atoms. The molecular weight excluding hydrogens is 420 g/mol. The first kappa shape index (κ1) is 23.1. The van der Waals surface area contributed by atoms with Crippen LogP contribution in [0.25, 0.3) is 6.08 Å². The van der Waals surface area contributed by atoms with E-state index in [1.165, 1.54) is 13.0 Å². The van der Waals surface area contributed by atoms with Gasteiger partial charge in [0.2, 0.25) is 5.91 Å². The second-order valence-electron chi connectivity index (χ2n) is 7.22. The van der Waals surface area contributed by atoms with Gasteiger partial charge in [0, 0.05) is 11.1 Å². The molecule has 2 aliphatic rings. The number of aliphatic hydroxyl groups is 3. The van der Waals surface area contributed by atoms with Gasteiger partial charge in [-0.25, -0.2) is 8.78 Å². The summed E-state index contributed by atoms with van der Waals surface area (Å²) in [5.41, 5.74) is -0.553. The molecule has 1 saturated heterocycles. The molecule has 170 valence electrons. The fourth-order valence-corrected chi connectivity index (χ4v) is 3.52. The first-order valence-electron chi connectivity index (χ1n) is 9.38. The van der Waals surface area contributed by atoms with E-state index in [1.54, 1.807) is 0 Å². The summed E-state index contributed by atoms with van der Waals surface area (Å²) >= 11 is 0. The maximum Gasteiger partial charge on any atom is 0.247 e. The molecule has 1 heterocycles. The molecule has 9 nitrogen and oxygen atoms in total. The first-order valence-corrected chi connectivity index (χ1v) is 9.38. The van der Waals surface area contributed by atoms with Gasteiger partial charge in [-0.1, -0.05) is 12.7 Å². The third kappa shape index (κ3) is 4.41. The predicted molar refractivity (Wildman–Crippen MR) is 102 cm³/mol. The van der Waals surface area contributed by atoms with Crippen LogP contribution >= 0.6 is 0 Å². The number of carbonyl (C=O) groups is 1. The minimum Gasteiger partial charge on any atom is -0.502 e. The van der Waals surface area contributed by atoms with Crippen molar-refractivity contribution in [2.24, 2.45) is 0 Å². The summed E-state index contributed by atoms with van der Waals surface area (Å²) in [5.74, 6) is -4.84. The number of aliphatic hydroxyl groups excluding tert-OH is 3. The standard InChI is InChI=1S/C20H23F2NO8/c1-3-4-29-17-10(21)6-9(11(22)13(17)24)5-8(2)20(28)23-12-14(25)16(27)19-18(15(12)26)30-7-31-19/h3,5-6,12,14-16,18-19,24-27H,1,4,7H2,2H3,(H,23,28)/b8-5+/t12-,14+,15-,16-,18+,19-/m1/s1. The van der Waals surface area contributed by atoms with Crippen molar-refractivity contribution in [2.45, 2.75) is 43.5 Å². The SMILES string of the molecule is C=CCOc1c(F)cc(/C=C(\C)C(=O)N[C@@H]2[C@H](O)[C@@H](O)[C@H]3OCO[C@H]3[C@@H]2O)c(F)c1O. The van der Waals surface area contributed by atoms with E-state index in [4.69, 9.17) is 14.2 Å². The van der Waals surface area contributed by atoms with Gasteiger partial charge >= 0.3 is 0 Å². The smallest absolute Gasteiger partial charge is 0.247 e. The van der Waals surface area contributed by atoms with E-state index in [-0.39, 0.29) is 19.0 Å². The Bertz CT molecular complexity index is 892. The zero-order valence-electron chi connectivity index (χ0n) is 16.5. The third-order valence-corrected chi connectivity index (χ3v) is 5.15. The zero-order chi connectivity index (χ0) is 22.9. The van der Waals surface area contributed by atoms with E-state index in [0.717, 1.165) is 12.1 Å². The average molecular weight is 443 g/mol. The number of phenolic OH excluding ortho intramolecular Hbond substituents is 1. The maximum absolute atomic E-state index is 14.4. The van der Waals surface area contributed by atoms with Crippen LogP contribution in [0.2, 0.25) is 0 Å². The minimum absolute atomic E-state index is 0.128. The topological polar surface area (TPSA) is 138 Å². The summed E-state index contributed by atoms with van der Waals surface area (Å²) in [6.07, 6.45) is -4.01. The Labute approximate surface area is 176 Å². The molecule has 1 saturated carbocycles. The molecule has 3 rings (SSSR count). The molecule has 0 radical (unpaired) electrons. The summed E-state index contributed by atoms with van der Waals surface area (Å²) < 4.78 is 43.8. The van der Waals surface area contributed by atoms with E-state index in [1.807, 2.05) is 0 Å². The summed E-state index contributed by atoms with van der Waals surface area (Å²) in [7, 11) is 0. The number of carbonyl (C=O) groups excluding carboxylic acids is 1. The first-order chi connectivity index (χ1) is 14.7. The number of aromatic hydroxyl groups is 1. The molecule has 0 spiro atoms. The van der Waals surface area contributed by atoms with Crippen LogP contribution in [0.1, 0.15) is 12.5 Å². The lowest BCUT2D eigenvalue weighted by Crippen LogP contribution is -2.67. The van der Waals surface area contributed by atoms with Crippen molar-refractivity contribution in [3.8, 4) is 11.5 Å². The fraction of sp³-hybridized carbons (Fsp3) is 0.450. The van der Waals surface area contributed by atoms with Crippen LogP contribution in [0.4, 0.5) is 8.78 Å². The van der Waals surface area contributed by atoms with Gasteiger partial charge in [0.05, 0.1) is 6.04 Å². The van der Waals surface area contributed by atoms with Crippen LogP contribution in [0, 0.1) is 11.6 Å². The molecule has 1 aliphatic heterocycles. The van der Waals surface area contributed by atoms with E-state index >= 15 is 0 Å². The Morgan fingerprint density at radius 3 is 2.55 bits per heavy atom. The van der Waals surface area contributed by atoms with Crippen molar-refractivity contribution in [1.29, 1.82) is 0 Å². The second kappa shape index (κ2) is 9.28. The molecule has 1 aromatic carbocycles. The number of hydrogen-bond donors (Lipinski definition) is 5. The number of phenols is 1.